The molecule has 2 aromatic carbocycles. The van der Waals surface area contributed by atoms with Crippen molar-refractivity contribution in [3.63, 3.8) is 0 Å². The van der Waals surface area contributed by atoms with Gasteiger partial charge in [-0.25, -0.2) is 0 Å². The number of aliphatic hydroxyl groups excluding tert-OH is 2. The first-order valence-electron chi connectivity index (χ1n) is 8.22. The van der Waals surface area contributed by atoms with Crippen LogP contribution in [0.5, 0.6) is 0 Å². The Bertz CT molecular complexity index is 876. The molecule has 2 aromatic rings. The van der Waals surface area contributed by atoms with E-state index in [0.717, 1.165) is 0 Å². The summed E-state index contributed by atoms with van der Waals surface area (Å²) < 4.78 is 0. The molecule has 0 saturated heterocycles. The van der Waals surface area contributed by atoms with E-state index in [0.29, 0.717) is 39.1 Å². The van der Waals surface area contributed by atoms with Gasteiger partial charge in [-0.1, -0.05) is 24.3 Å². The molecule has 1 aliphatic carbocycles. The zero-order valence-corrected chi connectivity index (χ0v) is 14.7. The Balaban J connectivity index is 2.30. The van der Waals surface area contributed by atoms with Crippen molar-refractivity contribution in [2.75, 3.05) is 4.90 Å². The van der Waals surface area contributed by atoms with Gasteiger partial charge in [0.1, 0.15) is 12.5 Å². The minimum atomic E-state index is -0.946. The first-order valence-corrected chi connectivity index (χ1v) is 8.22. The van der Waals surface area contributed by atoms with Crippen LogP contribution in [0, 0.1) is 13.8 Å². The number of hydrogen-bond donors (Lipinski definition) is 2. The van der Waals surface area contributed by atoms with Crippen molar-refractivity contribution in [1.29, 1.82) is 0 Å². The van der Waals surface area contributed by atoms with Crippen LogP contribution in [0.15, 0.2) is 30.3 Å². The van der Waals surface area contributed by atoms with Gasteiger partial charge in [0.05, 0.1) is 0 Å². The molecule has 2 N–H and O–H groups in total. The van der Waals surface area contributed by atoms with E-state index in [-0.39, 0.29) is 11.6 Å². The molecule has 0 radical (unpaired) electrons. The zero-order valence-electron chi connectivity index (χ0n) is 14.7. The Morgan fingerprint density at radius 2 is 1.36 bits per heavy atom. The molecule has 2 unspecified atom stereocenters. The van der Waals surface area contributed by atoms with Crippen LogP contribution < -0.4 is 4.90 Å². The SMILES string of the molecule is Cc1cc(N(C(C)O)C(C)O)c(C)c2c1C(=O)c1ccccc1C2=O. The Kier molecular flexibility index (Phi) is 4.22. The van der Waals surface area contributed by atoms with Gasteiger partial charge in [-0.05, 0) is 44.9 Å². The Morgan fingerprint density at radius 1 is 0.880 bits per heavy atom. The van der Waals surface area contributed by atoms with E-state index in [4.69, 9.17) is 0 Å². The Hall–Kier alpha value is -2.50. The summed E-state index contributed by atoms with van der Waals surface area (Å²) in [4.78, 5) is 27.4. The highest BCUT2D eigenvalue weighted by atomic mass is 16.3. The number of carbonyl (C=O) groups is 2. The summed E-state index contributed by atoms with van der Waals surface area (Å²) in [5.41, 5.74) is 3.33. The summed E-state index contributed by atoms with van der Waals surface area (Å²) in [6.45, 7) is 6.60. The van der Waals surface area contributed by atoms with E-state index < -0.39 is 12.5 Å². The lowest BCUT2D eigenvalue weighted by molar-refractivity contribution is 0.0975. The summed E-state index contributed by atoms with van der Waals surface area (Å²) in [7, 11) is 0. The summed E-state index contributed by atoms with van der Waals surface area (Å²) in [6, 6.07) is 8.54. The number of hydrogen-bond acceptors (Lipinski definition) is 5. The van der Waals surface area contributed by atoms with Gasteiger partial charge in [-0.15, -0.1) is 0 Å². The highest BCUT2D eigenvalue weighted by Gasteiger charge is 2.34. The maximum Gasteiger partial charge on any atom is 0.194 e. The third-order valence-electron chi connectivity index (χ3n) is 4.71. The van der Waals surface area contributed by atoms with Crippen LogP contribution in [0.25, 0.3) is 0 Å². The third kappa shape index (κ3) is 2.56. The number of aliphatic hydroxyl groups is 2. The van der Waals surface area contributed by atoms with Crippen LogP contribution in [0.2, 0.25) is 0 Å². The van der Waals surface area contributed by atoms with Crippen LogP contribution in [-0.2, 0) is 0 Å². The van der Waals surface area contributed by atoms with E-state index >= 15 is 0 Å². The number of aryl methyl sites for hydroxylation is 1. The van der Waals surface area contributed by atoms with Gasteiger partial charge in [0.15, 0.2) is 11.6 Å². The van der Waals surface area contributed by atoms with E-state index in [1.807, 2.05) is 0 Å². The number of anilines is 1. The molecular weight excluding hydrogens is 318 g/mol. The van der Waals surface area contributed by atoms with Gasteiger partial charge in [0.25, 0.3) is 0 Å². The molecule has 0 saturated carbocycles. The standard InChI is InChI=1S/C20H21NO4/c1-10-9-16(21(12(3)22)13(4)23)11(2)18-17(10)19(24)14-7-5-6-8-15(14)20(18)25/h5-9,12-13,22-23H,1-4H3. The summed E-state index contributed by atoms with van der Waals surface area (Å²) in [5.74, 6) is -0.373. The number of nitrogens with zero attached hydrogens (tertiary/aromatic N) is 1. The molecule has 5 nitrogen and oxygen atoms in total. The van der Waals surface area contributed by atoms with Crippen molar-refractivity contribution in [3.8, 4) is 0 Å². The van der Waals surface area contributed by atoms with E-state index in [1.54, 1.807) is 58.0 Å². The molecule has 5 heteroatoms. The van der Waals surface area contributed by atoms with Crippen molar-refractivity contribution in [1.82, 2.24) is 0 Å². The van der Waals surface area contributed by atoms with Gasteiger partial charge >= 0.3 is 0 Å². The van der Waals surface area contributed by atoms with Crippen molar-refractivity contribution >= 4 is 17.3 Å². The van der Waals surface area contributed by atoms with Crippen LogP contribution >= 0.6 is 0 Å². The number of ketones is 2. The summed E-state index contributed by atoms with van der Waals surface area (Å²) >= 11 is 0. The minimum Gasteiger partial charge on any atom is -0.374 e. The van der Waals surface area contributed by atoms with Crippen molar-refractivity contribution in [2.45, 2.75) is 40.2 Å². The van der Waals surface area contributed by atoms with Crippen molar-refractivity contribution in [2.24, 2.45) is 0 Å². The molecule has 0 amide bonds. The van der Waals surface area contributed by atoms with Crippen molar-refractivity contribution in [3.05, 3.63) is 63.7 Å². The van der Waals surface area contributed by atoms with Crippen LogP contribution in [0.3, 0.4) is 0 Å². The molecule has 1 aliphatic rings. The molecule has 2 atom stereocenters. The molecule has 130 valence electrons. The predicted molar refractivity (Wildman–Crippen MR) is 95.1 cm³/mol. The fourth-order valence-corrected chi connectivity index (χ4v) is 3.61. The molecular formula is C20H21NO4. The Morgan fingerprint density at radius 3 is 1.84 bits per heavy atom. The van der Waals surface area contributed by atoms with Gasteiger partial charge in [-0.2, -0.15) is 0 Å². The zero-order chi connectivity index (χ0) is 18.5. The topological polar surface area (TPSA) is 77.8 Å². The monoisotopic (exact) mass is 339 g/mol. The minimum absolute atomic E-state index is 0.169. The first kappa shape index (κ1) is 17.3. The van der Waals surface area contributed by atoms with Gasteiger partial charge in [0.2, 0.25) is 0 Å². The second kappa shape index (κ2) is 6.10. The maximum absolute atomic E-state index is 13.0. The molecule has 0 bridgehead atoms. The van der Waals surface area contributed by atoms with E-state index in [2.05, 4.69) is 0 Å². The number of carbonyl (C=O) groups excluding carboxylic acids is 2. The highest BCUT2D eigenvalue weighted by Crippen LogP contribution is 2.37. The largest absolute Gasteiger partial charge is 0.374 e. The summed E-state index contributed by atoms with van der Waals surface area (Å²) in [5, 5.41) is 20.1. The quantitative estimate of drug-likeness (QED) is 0.717. The second-order valence-electron chi connectivity index (χ2n) is 6.46. The maximum atomic E-state index is 13.0. The first-order chi connectivity index (χ1) is 11.8. The predicted octanol–water partition coefficient (Wildman–Crippen LogP) is 2.56. The molecule has 3 rings (SSSR count). The second-order valence-corrected chi connectivity index (χ2v) is 6.46. The lowest BCUT2D eigenvalue weighted by atomic mass is 9.79. The van der Waals surface area contributed by atoms with E-state index in [9.17, 15) is 19.8 Å². The van der Waals surface area contributed by atoms with E-state index in [1.165, 1.54) is 4.90 Å². The highest BCUT2D eigenvalue weighted by molar-refractivity contribution is 6.29. The number of fused-ring (bicyclic) bond motifs is 2. The fraction of sp³-hybridized carbons (Fsp3) is 0.300. The van der Waals surface area contributed by atoms with Crippen molar-refractivity contribution < 1.29 is 19.8 Å². The van der Waals surface area contributed by atoms with Crippen LogP contribution in [0.1, 0.15) is 56.8 Å². The molecule has 25 heavy (non-hydrogen) atoms. The number of rotatable bonds is 3. The van der Waals surface area contributed by atoms with Gasteiger partial charge in [0, 0.05) is 27.9 Å². The average molecular weight is 339 g/mol. The smallest absolute Gasteiger partial charge is 0.194 e. The normalized spacial score (nSPS) is 15.4. The molecule has 0 aliphatic heterocycles. The average Bonchev–Trinajstić information content (AvgIpc) is 2.55. The van der Waals surface area contributed by atoms with Crippen LogP contribution in [0.4, 0.5) is 5.69 Å². The molecule has 0 heterocycles. The van der Waals surface area contributed by atoms with Crippen LogP contribution in [-0.4, -0.2) is 34.2 Å². The molecule has 0 aromatic heterocycles. The Labute approximate surface area is 146 Å². The third-order valence-corrected chi connectivity index (χ3v) is 4.71. The number of benzene rings is 2. The lowest BCUT2D eigenvalue weighted by Crippen LogP contribution is -2.41. The van der Waals surface area contributed by atoms with Gasteiger partial charge in [-0.3, -0.25) is 9.59 Å². The fourth-order valence-electron chi connectivity index (χ4n) is 3.61. The molecule has 0 spiro atoms. The summed E-state index contributed by atoms with van der Waals surface area (Å²) in [6.07, 6.45) is -1.89. The lowest BCUT2D eigenvalue weighted by Gasteiger charge is -2.34. The van der Waals surface area contributed by atoms with Gasteiger partial charge < -0.3 is 15.1 Å². The molecule has 0 fully saturated rings.